The van der Waals surface area contributed by atoms with Crippen molar-refractivity contribution in [3.8, 4) is 0 Å². The normalized spacial score (nSPS) is 12.6. The number of carboxylic acid groups (broad SMARTS) is 2. The van der Waals surface area contributed by atoms with Crippen LogP contribution in [0.15, 0.2) is 10.2 Å². The zero-order valence-electron chi connectivity index (χ0n) is 9.43. The third-order valence-corrected chi connectivity index (χ3v) is 1.79. The number of nitrogens with zero attached hydrogens (tertiary/aromatic N) is 2. The van der Waals surface area contributed by atoms with Crippen molar-refractivity contribution in [1.29, 1.82) is 0 Å². The van der Waals surface area contributed by atoms with Crippen LogP contribution in [0.2, 0.25) is 0 Å². The summed E-state index contributed by atoms with van der Waals surface area (Å²) in [5.74, 6) is -1.75. The van der Waals surface area contributed by atoms with Crippen LogP contribution in [0.25, 0.3) is 0 Å². The van der Waals surface area contributed by atoms with Crippen molar-refractivity contribution in [3.63, 3.8) is 0 Å². The fraction of sp³-hybridized carbons (Fsp3) is 0.600. The molecule has 0 spiro atoms. The van der Waals surface area contributed by atoms with Crippen LogP contribution in [0.4, 0.5) is 0 Å². The first kappa shape index (κ1) is 14.3. The van der Waals surface area contributed by atoms with Crippen molar-refractivity contribution in [3.05, 3.63) is 0 Å². The number of hydrogen-bond acceptors (Lipinski definition) is 4. The Morgan fingerprint density at radius 2 is 1.12 bits per heavy atom. The molecule has 0 saturated heterocycles. The average molecular weight is 228 g/mol. The molecule has 0 aliphatic rings. The Morgan fingerprint density at radius 3 is 1.38 bits per heavy atom. The van der Waals surface area contributed by atoms with Gasteiger partial charge in [0.1, 0.15) is 0 Å². The van der Waals surface area contributed by atoms with E-state index in [4.69, 9.17) is 10.2 Å². The minimum Gasteiger partial charge on any atom is -0.481 e. The highest BCUT2D eigenvalue weighted by Gasteiger charge is 2.00. The zero-order chi connectivity index (χ0) is 12.6. The smallest absolute Gasteiger partial charge is 0.303 e. The molecule has 0 atom stereocenters. The highest BCUT2D eigenvalue weighted by Crippen LogP contribution is 1.97. The molecule has 0 aromatic rings. The lowest BCUT2D eigenvalue weighted by Gasteiger charge is -1.96. The van der Waals surface area contributed by atoms with E-state index in [2.05, 4.69) is 10.2 Å². The third kappa shape index (κ3) is 8.86. The van der Waals surface area contributed by atoms with Crippen LogP contribution in [-0.4, -0.2) is 33.6 Å². The first-order chi connectivity index (χ1) is 7.41. The average Bonchev–Trinajstić information content (AvgIpc) is 2.20. The summed E-state index contributed by atoms with van der Waals surface area (Å²) in [5, 5.41) is 24.5. The number of carboxylic acids is 2. The SMILES string of the molecule is C/C(CCC(=O)O)=N/N=C(/C)CCC(=O)O. The second kappa shape index (κ2) is 7.56. The fourth-order valence-electron chi connectivity index (χ4n) is 0.846. The molecule has 0 aromatic heterocycles. The lowest BCUT2D eigenvalue weighted by molar-refractivity contribution is -0.137. The van der Waals surface area contributed by atoms with E-state index in [1.807, 2.05) is 0 Å². The monoisotopic (exact) mass is 228 g/mol. The van der Waals surface area contributed by atoms with Crippen LogP contribution >= 0.6 is 0 Å². The van der Waals surface area contributed by atoms with Gasteiger partial charge in [0.15, 0.2) is 0 Å². The first-order valence-electron chi connectivity index (χ1n) is 4.92. The summed E-state index contributed by atoms with van der Waals surface area (Å²) in [5.41, 5.74) is 1.24. The maximum absolute atomic E-state index is 10.3. The molecule has 0 unspecified atom stereocenters. The largest absolute Gasteiger partial charge is 0.481 e. The number of carbonyl (C=O) groups is 2. The molecular formula is C10H16N2O4. The Hall–Kier alpha value is -1.72. The Bertz CT molecular complexity index is 289. The molecule has 90 valence electrons. The number of hydrogen-bond donors (Lipinski definition) is 2. The summed E-state index contributed by atoms with van der Waals surface area (Å²) in [4.78, 5) is 20.5. The standard InChI is InChI=1S/C10H16N2O4/c1-7(3-5-9(13)14)11-12-8(2)4-6-10(15)16/h3-6H2,1-2H3,(H,13,14)(H,15,16)/b11-7-,12-8-. The van der Waals surface area contributed by atoms with Crippen LogP contribution in [0.5, 0.6) is 0 Å². The Kier molecular flexibility index (Phi) is 6.74. The molecule has 0 saturated carbocycles. The second-order valence-corrected chi connectivity index (χ2v) is 3.46. The van der Waals surface area contributed by atoms with E-state index >= 15 is 0 Å². The molecule has 0 aliphatic heterocycles. The van der Waals surface area contributed by atoms with Crippen LogP contribution < -0.4 is 0 Å². The van der Waals surface area contributed by atoms with Crippen LogP contribution in [-0.2, 0) is 9.59 Å². The summed E-state index contributed by atoms with van der Waals surface area (Å²) in [6.45, 7) is 3.38. The Balaban J connectivity index is 4.05. The molecule has 0 fully saturated rings. The Morgan fingerprint density at radius 1 is 0.812 bits per heavy atom. The van der Waals surface area contributed by atoms with E-state index in [1.165, 1.54) is 0 Å². The topological polar surface area (TPSA) is 99.3 Å². The van der Waals surface area contributed by atoms with Crippen molar-refractivity contribution < 1.29 is 19.8 Å². The fourth-order valence-corrected chi connectivity index (χ4v) is 0.846. The van der Waals surface area contributed by atoms with Gasteiger partial charge in [-0.3, -0.25) is 9.59 Å². The van der Waals surface area contributed by atoms with Crippen molar-refractivity contribution in [2.75, 3.05) is 0 Å². The molecule has 0 aromatic carbocycles. The summed E-state index contributed by atoms with van der Waals surface area (Å²) in [6, 6.07) is 0. The number of aliphatic carboxylic acids is 2. The first-order valence-corrected chi connectivity index (χ1v) is 4.92. The van der Waals surface area contributed by atoms with Gasteiger partial charge in [0.25, 0.3) is 0 Å². The summed E-state index contributed by atoms with van der Waals surface area (Å²) >= 11 is 0. The maximum atomic E-state index is 10.3. The van der Waals surface area contributed by atoms with Crippen molar-refractivity contribution >= 4 is 23.4 Å². The van der Waals surface area contributed by atoms with Gasteiger partial charge >= 0.3 is 11.9 Å². The molecule has 0 bridgehead atoms. The van der Waals surface area contributed by atoms with Crippen LogP contribution in [0.3, 0.4) is 0 Å². The molecule has 0 amide bonds. The van der Waals surface area contributed by atoms with E-state index < -0.39 is 11.9 Å². The highest BCUT2D eigenvalue weighted by molar-refractivity contribution is 5.88. The zero-order valence-corrected chi connectivity index (χ0v) is 9.43. The molecule has 6 heteroatoms. The van der Waals surface area contributed by atoms with Gasteiger partial charge in [-0.05, 0) is 26.7 Å². The van der Waals surface area contributed by atoms with Gasteiger partial charge < -0.3 is 10.2 Å². The van der Waals surface area contributed by atoms with Gasteiger partial charge in [-0.15, -0.1) is 0 Å². The predicted octanol–water partition coefficient (Wildman–Crippen LogP) is 1.55. The Labute approximate surface area is 93.7 Å². The van der Waals surface area contributed by atoms with Crippen LogP contribution in [0.1, 0.15) is 39.5 Å². The minimum atomic E-state index is -0.874. The summed E-state index contributed by atoms with van der Waals surface area (Å²) in [7, 11) is 0. The summed E-state index contributed by atoms with van der Waals surface area (Å²) < 4.78 is 0. The minimum absolute atomic E-state index is 0.0268. The predicted molar refractivity (Wildman–Crippen MR) is 60.0 cm³/mol. The quantitative estimate of drug-likeness (QED) is 0.510. The van der Waals surface area contributed by atoms with E-state index in [1.54, 1.807) is 13.8 Å². The molecule has 0 aliphatic carbocycles. The van der Waals surface area contributed by atoms with E-state index in [0.717, 1.165) is 0 Å². The molecule has 0 rings (SSSR count). The molecular weight excluding hydrogens is 212 g/mol. The van der Waals surface area contributed by atoms with Gasteiger partial charge in [-0.2, -0.15) is 10.2 Å². The maximum Gasteiger partial charge on any atom is 0.303 e. The summed E-state index contributed by atoms with van der Waals surface area (Å²) in [6.07, 6.45) is 0.758. The molecule has 2 N–H and O–H groups in total. The van der Waals surface area contributed by atoms with Crippen molar-refractivity contribution in [1.82, 2.24) is 0 Å². The highest BCUT2D eigenvalue weighted by atomic mass is 16.4. The lowest BCUT2D eigenvalue weighted by atomic mass is 10.2. The molecule has 0 radical (unpaired) electrons. The third-order valence-electron chi connectivity index (χ3n) is 1.79. The second-order valence-electron chi connectivity index (χ2n) is 3.46. The van der Waals surface area contributed by atoms with Gasteiger partial charge in [0.05, 0.1) is 12.8 Å². The number of rotatable bonds is 7. The lowest BCUT2D eigenvalue weighted by Crippen LogP contribution is -2.01. The van der Waals surface area contributed by atoms with Crippen molar-refractivity contribution in [2.24, 2.45) is 10.2 Å². The molecule has 16 heavy (non-hydrogen) atoms. The van der Waals surface area contributed by atoms with Gasteiger partial charge in [-0.25, -0.2) is 0 Å². The van der Waals surface area contributed by atoms with Gasteiger partial charge in [0.2, 0.25) is 0 Å². The molecule has 6 nitrogen and oxygen atoms in total. The van der Waals surface area contributed by atoms with Gasteiger partial charge in [0, 0.05) is 11.4 Å². The van der Waals surface area contributed by atoms with Crippen LogP contribution in [0, 0.1) is 0 Å². The van der Waals surface area contributed by atoms with Gasteiger partial charge in [-0.1, -0.05) is 0 Å². The van der Waals surface area contributed by atoms with E-state index in [-0.39, 0.29) is 12.8 Å². The van der Waals surface area contributed by atoms with E-state index in [0.29, 0.717) is 24.3 Å². The van der Waals surface area contributed by atoms with E-state index in [9.17, 15) is 9.59 Å². The van der Waals surface area contributed by atoms with Crippen molar-refractivity contribution in [2.45, 2.75) is 39.5 Å². The molecule has 0 heterocycles.